The van der Waals surface area contributed by atoms with Crippen molar-refractivity contribution in [2.24, 2.45) is 5.92 Å². The van der Waals surface area contributed by atoms with Gasteiger partial charge in [0, 0.05) is 23.9 Å². The van der Waals surface area contributed by atoms with E-state index < -0.39 is 33.7 Å². The summed E-state index contributed by atoms with van der Waals surface area (Å²) in [7, 11) is 0. The number of halogens is 6. The quantitative estimate of drug-likeness (QED) is 0.236. The lowest BCUT2D eigenvalue weighted by atomic mass is 10.0. The average Bonchev–Trinajstić information content (AvgIpc) is 3.28. The van der Waals surface area contributed by atoms with Crippen molar-refractivity contribution in [1.29, 1.82) is 0 Å². The Morgan fingerprint density at radius 2 is 1.84 bits per heavy atom. The van der Waals surface area contributed by atoms with E-state index in [1.54, 1.807) is 0 Å². The zero-order valence-corrected chi connectivity index (χ0v) is 19.5. The molecular formula is C22H19Cl4F2NO2. The molecule has 1 aliphatic rings. The molecule has 1 amide bonds. The second-order valence-corrected chi connectivity index (χ2v) is 9.75. The van der Waals surface area contributed by atoms with E-state index in [1.165, 1.54) is 37.3 Å². The number of hydrogen-bond donors (Lipinski definition) is 1. The van der Waals surface area contributed by atoms with Gasteiger partial charge in [-0.05, 0) is 55.2 Å². The topological polar surface area (TPSA) is 46.2 Å². The summed E-state index contributed by atoms with van der Waals surface area (Å²) in [4.78, 5) is 25.2. The van der Waals surface area contributed by atoms with Crippen molar-refractivity contribution in [2.45, 2.75) is 36.4 Å². The molecule has 166 valence electrons. The third-order valence-electron chi connectivity index (χ3n) is 5.25. The summed E-state index contributed by atoms with van der Waals surface area (Å²) in [5.74, 6) is -3.07. The van der Waals surface area contributed by atoms with Gasteiger partial charge in [0.1, 0.15) is 16.0 Å². The molecule has 3 nitrogen and oxygen atoms in total. The Morgan fingerprint density at radius 3 is 2.48 bits per heavy atom. The zero-order valence-electron chi connectivity index (χ0n) is 16.5. The molecule has 2 aromatic carbocycles. The van der Waals surface area contributed by atoms with Gasteiger partial charge in [-0.2, -0.15) is 0 Å². The molecule has 1 aliphatic carbocycles. The Bertz CT molecular complexity index is 1030. The van der Waals surface area contributed by atoms with Gasteiger partial charge in [0.2, 0.25) is 5.91 Å². The second-order valence-electron chi connectivity index (χ2n) is 7.52. The third kappa shape index (κ3) is 5.16. The predicted octanol–water partition coefficient (Wildman–Crippen LogP) is 7.04. The van der Waals surface area contributed by atoms with Gasteiger partial charge in [-0.3, -0.25) is 9.59 Å². The van der Waals surface area contributed by atoms with Crippen molar-refractivity contribution in [3.8, 4) is 0 Å². The fourth-order valence-corrected chi connectivity index (χ4v) is 4.76. The SMILES string of the molecule is Cc1cc(NC(=O)C2C(c3ccc(F)c(Cl)c3)C2(Cl)Cl)cc(C(=O)CCCCCl)c1F. The van der Waals surface area contributed by atoms with Crippen molar-refractivity contribution in [2.75, 3.05) is 11.2 Å². The van der Waals surface area contributed by atoms with Crippen LogP contribution in [0.4, 0.5) is 14.5 Å². The number of carbonyl (C=O) groups is 2. The molecule has 1 saturated carbocycles. The van der Waals surface area contributed by atoms with Crippen LogP contribution in [0.25, 0.3) is 0 Å². The number of benzene rings is 2. The standard InChI is InChI=1S/C22H19Cl4F2NO2/c1-11-8-13(10-14(20(11)28)17(30)4-2-3-7-23)29-21(31)19-18(22(19,25)26)12-5-6-16(27)15(24)9-12/h5-6,8-10,18-19H,2-4,7H2,1H3,(H,29,31). The van der Waals surface area contributed by atoms with Crippen molar-refractivity contribution in [1.82, 2.24) is 0 Å². The van der Waals surface area contributed by atoms with Crippen molar-refractivity contribution in [3.63, 3.8) is 0 Å². The molecule has 3 rings (SSSR count). The first-order chi connectivity index (χ1) is 14.6. The Balaban J connectivity index is 1.78. The molecule has 0 spiro atoms. The maximum Gasteiger partial charge on any atom is 0.231 e. The Morgan fingerprint density at radius 1 is 1.13 bits per heavy atom. The number of aryl methyl sites for hydroxylation is 1. The molecule has 1 fully saturated rings. The Hall–Kier alpha value is -1.40. The summed E-state index contributed by atoms with van der Waals surface area (Å²) in [6.45, 7) is 1.51. The lowest BCUT2D eigenvalue weighted by Crippen LogP contribution is -2.18. The summed E-state index contributed by atoms with van der Waals surface area (Å²) in [6.07, 6.45) is 1.35. The maximum absolute atomic E-state index is 14.5. The van der Waals surface area contributed by atoms with Gasteiger partial charge < -0.3 is 5.32 Å². The number of hydrogen-bond acceptors (Lipinski definition) is 2. The van der Waals surface area contributed by atoms with E-state index in [0.29, 0.717) is 24.3 Å². The number of unbranched alkanes of at least 4 members (excludes halogenated alkanes) is 1. The number of amides is 1. The van der Waals surface area contributed by atoms with Crippen LogP contribution in [0.2, 0.25) is 5.02 Å². The molecule has 0 aromatic heterocycles. The fraction of sp³-hybridized carbons (Fsp3) is 0.364. The number of Topliss-reactive ketones (excluding diaryl/α,β-unsaturated/α-hetero) is 1. The smallest absolute Gasteiger partial charge is 0.231 e. The van der Waals surface area contributed by atoms with Crippen molar-refractivity contribution >= 4 is 63.8 Å². The summed E-state index contributed by atoms with van der Waals surface area (Å²) >= 11 is 24.1. The summed E-state index contributed by atoms with van der Waals surface area (Å²) < 4.78 is 26.5. The number of alkyl halides is 3. The largest absolute Gasteiger partial charge is 0.326 e. The van der Waals surface area contributed by atoms with Gasteiger partial charge >= 0.3 is 0 Å². The van der Waals surface area contributed by atoms with E-state index in [-0.39, 0.29) is 34.0 Å². The average molecular weight is 509 g/mol. The lowest BCUT2D eigenvalue weighted by Gasteiger charge is -2.11. The molecule has 0 heterocycles. The highest BCUT2D eigenvalue weighted by Gasteiger charge is 2.67. The minimum absolute atomic E-state index is 0.0921. The lowest BCUT2D eigenvalue weighted by molar-refractivity contribution is -0.117. The van der Waals surface area contributed by atoms with Gasteiger partial charge in [-0.15, -0.1) is 34.8 Å². The highest BCUT2D eigenvalue weighted by molar-refractivity contribution is 6.53. The van der Waals surface area contributed by atoms with Crippen LogP contribution in [0.3, 0.4) is 0 Å². The van der Waals surface area contributed by atoms with Crippen LogP contribution in [-0.2, 0) is 4.79 Å². The number of ketones is 1. The summed E-state index contributed by atoms with van der Waals surface area (Å²) in [5, 5.41) is 2.56. The highest BCUT2D eigenvalue weighted by atomic mass is 35.5. The molecule has 0 saturated heterocycles. The van der Waals surface area contributed by atoms with E-state index in [2.05, 4.69) is 5.32 Å². The summed E-state index contributed by atoms with van der Waals surface area (Å²) in [5.41, 5.74) is 0.920. The number of anilines is 1. The minimum atomic E-state index is -1.40. The molecule has 0 radical (unpaired) electrons. The van der Waals surface area contributed by atoms with E-state index in [0.717, 1.165) is 0 Å². The highest BCUT2D eigenvalue weighted by Crippen LogP contribution is 2.65. The molecule has 1 N–H and O–H groups in total. The normalized spacial score (nSPS) is 19.2. The summed E-state index contributed by atoms with van der Waals surface area (Å²) in [6, 6.07) is 6.77. The van der Waals surface area contributed by atoms with E-state index in [1.807, 2.05) is 0 Å². The van der Waals surface area contributed by atoms with E-state index >= 15 is 0 Å². The molecule has 0 bridgehead atoms. The molecule has 0 aliphatic heterocycles. The van der Waals surface area contributed by atoms with Crippen LogP contribution >= 0.6 is 46.4 Å². The van der Waals surface area contributed by atoms with Gasteiger partial charge in [0.25, 0.3) is 0 Å². The zero-order chi connectivity index (χ0) is 22.9. The third-order valence-corrected chi connectivity index (χ3v) is 6.75. The Labute approximate surface area is 199 Å². The van der Waals surface area contributed by atoms with E-state index in [9.17, 15) is 18.4 Å². The van der Waals surface area contributed by atoms with Gasteiger partial charge in [-0.1, -0.05) is 17.7 Å². The van der Waals surface area contributed by atoms with Crippen LogP contribution in [0.5, 0.6) is 0 Å². The van der Waals surface area contributed by atoms with Crippen LogP contribution in [-0.4, -0.2) is 21.9 Å². The maximum atomic E-state index is 14.5. The van der Waals surface area contributed by atoms with Gasteiger partial charge in [0.05, 0.1) is 16.5 Å². The van der Waals surface area contributed by atoms with Crippen molar-refractivity contribution < 1.29 is 18.4 Å². The first kappa shape index (κ1) is 24.2. The number of carbonyl (C=O) groups excluding carboxylic acids is 2. The predicted molar refractivity (Wildman–Crippen MR) is 121 cm³/mol. The molecule has 2 aromatic rings. The first-order valence-electron chi connectivity index (χ1n) is 9.60. The molecule has 9 heteroatoms. The minimum Gasteiger partial charge on any atom is -0.326 e. The van der Waals surface area contributed by atoms with Gasteiger partial charge in [-0.25, -0.2) is 8.78 Å². The van der Waals surface area contributed by atoms with Crippen LogP contribution in [0.15, 0.2) is 30.3 Å². The Kier molecular flexibility index (Phi) is 7.52. The van der Waals surface area contributed by atoms with Crippen LogP contribution in [0.1, 0.15) is 46.7 Å². The van der Waals surface area contributed by atoms with Crippen LogP contribution in [0, 0.1) is 24.5 Å². The first-order valence-corrected chi connectivity index (χ1v) is 11.3. The molecule has 2 atom stereocenters. The molecule has 2 unspecified atom stereocenters. The van der Waals surface area contributed by atoms with E-state index in [4.69, 9.17) is 46.4 Å². The number of rotatable bonds is 8. The monoisotopic (exact) mass is 507 g/mol. The van der Waals surface area contributed by atoms with Gasteiger partial charge in [0.15, 0.2) is 5.78 Å². The van der Waals surface area contributed by atoms with Crippen LogP contribution < -0.4 is 5.32 Å². The fourth-order valence-electron chi connectivity index (χ4n) is 3.55. The second kappa shape index (κ2) is 9.62. The number of nitrogens with one attached hydrogen (secondary N) is 1. The molecule has 31 heavy (non-hydrogen) atoms. The molecular weight excluding hydrogens is 490 g/mol. The van der Waals surface area contributed by atoms with Crippen molar-refractivity contribution in [3.05, 3.63) is 63.7 Å².